The summed E-state index contributed by atoms with van der Waals surface area (Å²) in [4.78, 5) is 12.5. The first-order valence-electron chi connectivity index (χ1n) is 9.80. The molecule has 0 bridgehead atoms. The van der Waals surface area contributed by atoms with Crippen LogP contribution in [0.25, 0.3) is 0 Å². The standard InChI is InChI=1S/C20H32BrN3O2/c1-2-18(24-15-8-4-3-5-9-15)16-12-14(13-17(21)19(16)22)20(26)23-10-6-7-11-25/h12-13,15,18,24-25H,2-11,22H2,1H3,(H,23,26). The molecule has 5 nitrogen and oxygen atoms in total. The van der Waals surface area contributed by atoms with Crippen molar-refractivity contribution in [3.8, 4) is 0 Å². The number of nitrogens with one attached hydrogen (secondary N) is 2. The van der Waals surface area contributed by atoms with Crippen LogP contribution in [0.2, 0.25) is 0 Å². The molecule has 1 aromatic rings. The minimum absolute atomic E-state index is 0.0996. The van der Waals surface area contributed by atoms with Crippen molar-refractivity contribution < 1.29 is 9.90 Å². The fourth-order valence-corrected chi connectivity index (χ4v) is 4.06. The zero-order chi connectivity index (χ0) is 18.9. The molecule has 0 aliphatic heterocycles. The van der Waals surface area contributed by atoms with Crippen molar-refractivity contribution in [2.24, 2.45) is 0 Å². The number of hydrogen-bond acceptors (Lipinski definition) is 4. The van der Waals surface area contributed by atoms with Gasteiger partial charge in [0.2, 0.25) is 0 Å². The summed E-state index contributed by atoms with van der Waals surface area (Å²) in [6.07, 6.45) is 8.70. The van der Waals surface area contributed by atoms with Crippen molar-refractivity contribution in [3.63, 3.8) is 0 Å². The van der Waals surface area contributed by atoms with Crippen LogP contribution in [-0.2, 0) is 0 Å². The Morgan fingerprint density at radius 1 is 1.31 bits per heavy atom. The van der Waals surface area contributed by atoms with Crippen LogP contribution >= 0.6 is 15.9 Å². The Morgan fingerprint density at radius 2 is 2.04 bits per heavy atom. The first kappa shape index (κ1) is 21.2. The number of carbonyl (C=O) groups is 1. The van der Waals surface area contributed by atoms with Gasteiger partial charge in [-0.15, -0.1) is 0 Å². The number of benzene rings is 1. The number of carbonyl (C=O) groups excluding carboxylic acids is 1. The first-order valence-corrected chi connectivity index (χ1v) is 10.6. The normalized spacial score (nSPS) is 16.4. The Balaban J connectivity index is 2.12. The maximum absolute atomic E-state index is 12.5. The third-order valence-electron chi connectivity index (χ3n) is 5.12. The van der Waals surface area contributed by atoms with E-state index in [0.29, 0.717) is 30.3 Å². The number of aliphatic hydroxyl groups excluding tert-OH is 1. The lowest BCUT2D eigenvalue weighted by Gasteiger charge is -2.29. The van der Waals surface area contributed by atoms with Crippen molar-refractivity contribution in [2.75, 3.05) is 18.9 Å². The number of nitrogen functional groups attached to an aromatic ring is 1. The second-order valence-electron chi connectivity index (χ2n) is 7.11. The molecule has 0 radical (unpaired) electrons. The first-order chi connectivity index (χ1) is 12.6. The molecule has 1 fully saturated rings. The van der Waals surface area contributed by atoms with Crippen LogP contribution < -0.4 is 16.4 Å². The van der Waals surface area contributed by atoms with Gasteiger partial charge in [-0.25, -0.2) is 0 Å². The molecule has 0 aromatic heterocycles. The minimum Gasteiger partial charge on any atom is -0.398 e. The molecule has 0 saturated heterocycles. The van der Waals surface area contributed by atoms with Gasteiger partial charge in [0.1, 0.15) is 0 Å². The largest absolute Gasteiger partial charge is 0.398 e. The Morgan fingerprint density at radius 3 is 2.69 bits per heavy atom. The highest BCUT2D eigenvalue weighted by molar-refractivity contribution is 9.10. The van der Waals surface area contributed by atoms with Gasteiger partial charge in [-0.2, -0.15) is 0 Å². The lowest BCUT2D eigenvalue weighted by Crippen LogP contribution is -2.34. The second kappa shape index (κ2) is 10.9. The minimum atomic E-state index is -0.0996. The van der Waals surface area contributed by atoms with E-state index < -0.39 is 0 Å². The Bertz CT molecular complexity index is 589. The lowest BCUT2D eigenvalue weighted by atomic mass is 9.92. The number of anilines is 1. The van der Waals surface area contributed by atoms with Crippen molar-refractivity contribution in [3.05, 3.63) is 27.7 Å². The molecular formula is C20H32BrN3O2. The number of amides is 1. The van der Waals surface area contributed by atoms with E-state index in [2.05, 4.69) is 33.5 Å². The summed E-state index contributed by atoms with van der Waals surface area (Å²) in [5.41, 5.74) is 8.64. The summed E-state index contributed by atoms with van der Waals surface area (Å²) in [5, 5.41) is 15.5. The number of rotatable bonds is 9. The summed E-state index contributed by atoms with van der Waals surface area (Å²) >= 11 is 3.52. The Hall–Kier alpha value is -1.11. The predicted octanol–water partition coefficient (Wildman–Crippen LogP) is 3.91. The van der Waals surface area contributed by atoms with E-state index in [-0.39, 0.29) is 18.6 Å². The molecule has 1 aliphatic rings. The molecule has 1 aromatic carbocycles. The van der Waals surface area contributed by atoms with Gasteiger partial charge in [-0.1, -0.05) is 26.2 Å². The molecule has 146 valence electrons. The van der Waals surface area contributed by atoms with Gasteiger partial charge in [-0.05, 0) is 65.7 Å². The highest BCUT2D eigenvalue weighted by atomic mass is 79.9. The molecule has 1 atom stereocenters. The Labute approximate surface area is 165 Å². The van der Waals surface area contributed by atoms with E-state index in [1.54, 1.807) is 6.07 Å². The third-order valence-corrected chi connectivity index (χ3v) is 5.78. The molecule has 1 unspecified atom stereocenters. The zero-order valence-corrected chi connectivity index (χ0v) is 17.3. The zero-order valence-electron chi connectivity index (χ0n) is 15.7. The van der Waals surface area contributed by atoms with Crippen molar-refractivity contribution in [2.45, 2.75) is 70.4 Å². The summed E-state index contributed by atoms with van der Waals surface area (Å²) in [6.45, 7) is 2.86. The van der Waals surface area contributed by atoms with Crippen LogP contribution in [0.5, 0.6) is 0 Å². The van der Waals surface area contributed by atoms with Crippen molar-refractivity contribution in [1.82, 2.24) is 10.6 Å². The monoisotopic (exact) mass is 425 g/mol. The van der Waals surface area contributed by atoms with Crippen LogP contribution in [-0.4, -0.2) is 30.2 Å². The second-order valence-corrected chi connectivity index (χ2v) is 7.96. The van der Waals surface area contributed by atoms with Crippen LogP contribution in [0.4, 0.5) is 5.69 Å². The SMILES string of the molecule is CCC(NC1CCCCC1)c1cc(C(=O)NCCCCO)cc(Br)c1N. The summed E-state index contributed by atoms with van der Waals surface area (Å²) in [5.74, 6) is -0.0996. The summed E-state index contributed by atoms with van der Waals surface area (Å²) in [6, 6.07) is 4.39. The van der Waals surface area contributed by atoms with E-state index in [4.69, 9.17) is 10.8 Å². The molecule has 1 aliphatic carbocycles. The van der Waals surface area contributed by atoms with E-state index in [1.165, 1.54) is 32.1 Å². The van der Waals surface area contributed by atoms with Gasteiger partial charge < -0.3 is 21.5 Å². The topological polar surface area (TPSA) is 87.4 Å². The highest BCUT2D eigenvalue weighted by Crippen LogP contribution is 2.32. The summed E-state index contributed by atoms with van der Waals surface area (Å²) in [7, 11) is 0. The van der Waals surface area contributed by atoms with Gasteiger partial charge in [0.25, 0.3) is 5.91 Å². The third kappa shape index (κ3) is 5.96. The van der Waals surface area contributed by atoms with E-state index >= 15 is 0 Å². The Kier molecular flexibility index (Phi) is 8.88. The highest BCUT2D eigenvalue weighted by Gasteiger charge is 2.22. The van der Waals surface area contributed by atoms with Gasteiger partial charge >= 0.3 is 0 Å². The smallest absolute Gasteiger partial charge is 0.251 e. The van der Waals surface area contributed by atoms with Crippen LogP contribution in [0.15, 0.2) is 16.6 Å². The number of hydrogen-bond donors (Lipinski definition) is 4. The molecule has 26 heavy (non-hydrogen) atoms. The lowest BCUT2D eigenvalue weighted by molar-refractivity contribution is 0.0952. The van der Waals surface area contributed by atoms with Crippen LogP contribution in [0.3, 0.4) is 0 Å². The number of aliphatic hydroxyl groups is 1. The maximum atomic E-state index is 12.5. The number of nitrogens with two attached hydrogens (primary N) is 1. The molecule has 2 rings (SSSR count). The van der Waals surface area contributed by atoms with Gasteiger partial charge in [0, 0.05) is 35.3 Å². The van der Waals surface area contributed by atoms with Crippen LogP contribution in [0.1, 0.15) is 80.3 Å². The molecular weight excluding hydrogens is 394 g/mol. The van der Waals surface area contributed by atoms with Gasteiger partial charge in [0.05, 0.1) is 5.69 Å². The average Bonchev–Trinajstić information content (AvgIpc) is 2.66. The summed E-state index contributed by atoms with van der Waals surface area (Å²) < 4.78 is 0.763. The molecule has 6 heteroatoms. The number of halogens is 1. The van der Waals surface area contributed by atoms with Crippen LogP contribution in [0, 0.1) is 0 Å². The molecule has 0 heterocycles. The fourth-order valence-electron chi connectivity index (χ4n) is 3.58. The van der Waals surface area contributed by atoms with E-state index in [9.17, 15) is 4.79 Å². The van der Waals surface area contributed by atoms with Crippen molar-refractivity contribution >= 4 is 27.5 Å². The van der Waals surface area contributed by atoms with E-state index in [1.807, 2.05) is 6.07 Å². The average molecular weight is 426 g/mol. The molecule has 1 saturated carbocycles. The molecule has 1 amide bonds. The molecule has 5 N–H and O–H groups in total. The quantitative estimate of drug-likeness (QED) is 0.356. The van der Waals surface area contributed by atoms with Crippen molar-refractivity contribution in [1.29, 1.82) is 0 Å². The predicted molar refractivity (Wildman–Crippen MR) is 110 cm³/mol. The fraction of sp³-hybridized carbons (Fsp3) is 0.650. The number of unbranched alkanes of at least 4 members (excludes halogenated alkanes) is 1. The molecule has 0 spiro atoms. The maximum Gasteiger partial charge on any atom is 0.251 e. The van der Waals surface area contributed by atoms with Gasteiger partial charge in [0.15, 0.2) is 0 Å². The van der Waals surface area contributed by atoms with E-state index in [0.717, 1.165) is 22.9 Å². The van der Waals surface area contributed by atoms with Gasteiger partial charge in [-0.3, -0.25) is 4.79 Å².